The monoisotopic (exact) mass is 401 g/mol. The summed E-state index contributed by atoms with van der Waals surface area (Å²) in [6.07, 6.45) is 1.55. The van der Waals surface area contributed by atoms with Crippen molar-refractivity contribution in [2.75, 3.05) is 10.6 Å². The van der Waals surface area contributed by atoms with Crippen LogP contribution in [0, 0.1) is 18.6 Å². The van der Waals surface area contributed by atoms with Crippen LogP contribution in [-0.4, -0.2) is 20.8 Å². The number of nitrogens with zero attached hydrogens (tertiary/aromatic N) is 3. The quantitative estimate of drug-likeness (QED) is 0.513. The summed E-state index contributed by atoms with van der Waals surface area (Å²) in [6.45, 7) is 1.75. The molecule has 0 aliphatic carbocycles. The molecule has 0 atom stereocenters. The van der Waals surface area contributed by atoms with E-state index in [1.54, 1.807) is 36.8 Å². The van der Waals surface area contributed by atoms with E-state index in [-0.39, 0.29) is 0 Å². The van der Waals surface area contributed by atoms with Gasteiger partial charge in [-0.3, -0.25) is 5.32 Å². The van der Waals surface area contributed by atoms with Crippen molar-refractivity contribution in [3.05, 3.63) is 65.4 Å². The summed E-state index contributed by atoms with van der Waals surface area (Å²) in [7, 11) is 0. The van der Waals surface area contributed by atoms with Crippen molar-refractivity contribution in [3.8, 4) is 16.6 Å². The van der Waals surface area contributed by atoms with E-state index < -0.39 is 23.4 Å². The van der Waals surface area contributed by atoms with Gasteiger partial charge in [0.15, 0.2) is 5.76 Å². The molecule has 0 spiro atoms. The summed E-state index contributed by atoms with van der Waals surface area (Å²) >= 11 is 1.30. The largest absolute Gasteiger partial charge is 0.463 e. The summed E-state index contributed by atoms with van der Waals surface area (Å²) in [4.78, 5) is 16.7. The third kappa shape index (κ3) is 3.49. The van der Waals surface area contributed by atoms with Crippen molar-refractivity contribution < 1.29 is 18.0 Å². The van der Waals surface area contributed by atoms with Gasteiger partial charge in [-0.1, -0.05) is 6.07 Å². The molecule has 0 radical (unpaired) electrons. The summed E-state index contributed by atoms with van der Waals surface area (Å²) in [5.74, 6) is -0.841. The van der Waals surface area contributed by atoms with Gasteiger partial charge in [0.25, 0.3) is 0 Å². The van der Waals surface area contributed by atoms with Gasteiger partial charge < -0.3 is 9.73 Å². The zero-order valence-electron chi connectivity index (χ0n) is 14.4. The van der Waals surface area contributed by atoms with E-state index in [4.69, 9.17) is 4.42 Å². The zero-order chi connectivity index (χ0) is 19.7. The number of carbonyl (C=O) groups is 1. The molecule has 142 valence electrons. The number of para-hydroxylation sites is 1. The van der Waals surface area contributed by atoms with Crippen molar-refractivity contribution in [1.29, 1.82) is 0 Å². The Morgan fingerprint density at radius 2 is 1.96 bits per heavy atom. The summed E-state index contributed by atoms with van der Waals surface area (Å²) in [5.41, 5.74) is 0.723. The second kappa shape index (κ2) is 7.24. The van der Waals surface area contributed by atoms with Crippen molar-refractivity contribution >= 4 is 28.9 Å². The van der Waals surface area contributed by atoms with Gasteiger partial charge >= 0.3 is 6.03 Å². The number of amides is 2. The van der Waals surface area contributed by atoms with Gasteiger partial charge in [0, 0.05) is 11.4 Å². The first-order valence-electron chi connectivity index (χ1n) is 8.10. The van der Waals surface area contributed by atoms with Crippen LogP contribution in [0.5, 0.6) is 0 Å². The van der Waals surface area contributed by atoms with Gasteiger partial charge in [0.05, 0.1) is 12.0 Å². The van der Waals surface area contributed by atoms with Gasteiger partial charge in [0.1, 0.15) is 28.8 Å². The molecular weight excluding hydrogens is 388 g/mol. The molecule has 3 aromatic heterocycles. The van der Waals surface area contributed by atoms with Gasteiger partial charge in [-0.15, -0.1) is 11.3 Å². The Labute approximate surface area is 161 Å². The molecule has 0 aliphatic rings. The molecule has 1 aromatic carbocycles. The van der Waals surface area contributed by atoms with Gasteiger partial charge in [-0.25, -0.2) is 18.6 Å². The van der Waals surface area contributed by atoms with Crippen LogP contribution in [0.2, 0.25) is 0 Å². The SMILES string of the molecule is Cc1cc(NC(=O)Nc2c(F)cccc2F)n(-c2nc(-c3ccco3)cs2)n1. The van der Waals surface area contributed by atoms with E-state index in [0.29, 0.717) is 28.1 Å². The molecule has 0 unspecified atom stereocenters. The number of hydrogen-bond donors (Lipinski definition) is 2. The van der Waals surface area contributed by atoms with Gasteiger partial charge in [-0.05, 0) is 31.2 Å². The van der Waals surface area contributed by atoms with Crippen molar-refractivity contribution in [2.24, 2.45) is 0 Å². The summed E-state index contributed by atoms with van der Waals surface area (Å²) < 4.78 is 34.2. The first-order valence-corrected chi connectivity index (χ1v) is 8.97. The Morgan fingerprint density at radius 3 is 2.68 bits per heavy atom. The number of urea groups is 1. The first-order chi connectivity index (χ1) is 13.5. The topological polar surface area (TPSA) is 85.0 Å². The Hall–Kier alpha value is -3.53. The standard InChI is InChI=1S/C18H13F2N5O2S/c1-10-8-15(22-17(26)23-16-11(19)4-2-5-12(16)20)25(24-10)18-21-13(9-28-18)14-6-3-7-27-14/h2-9H,1H3,(H2,22,23,26). The number of nitrogens with one attached hydrogen (secondary N) is 2. The predicted octanol–water partition coefficient (Wildman–Crippen LogP) is 4.82. The fourth-order valence-corrected chi connectivity index (χ4v) is 3.29. The molecule has 4 aromatic rings. The number of carbonyl (C=O) groups excluding carboxylic acids is 1. The number of thiazole rings is 1. The lowest BCUT2D eigenvalue weighted by molar-refractivity contribution is 0.261. The maximum Gasteiger partial charge on any atom is 0.325 e. The van der Waals surface area contributed by atoms with E-state index in [0.717, 1.165) is 12.1 Å². The van der Waals surface area contributed by atoms with Gasteiger partial charge in [0.2, 0.25) is 5.13 Å². The average Bonchev–Trinajstić information content (AvgIpc) is 3.38. The molecule has 0 saturated heterocycles. The Kier molecular flexibility index (Phi) is 4.62. The molecule has 4 rings (SSSR count). The van der Waals surface area contributed by atoms with Crippen molar-refractivity contribution in [1.82, 2.24) is 14.8 Å². The zero-order valence-corrected chi connectivity index (χ0v) is 15.3. The minimum Gasteiger partial charge on any atom is -0.463 e. The lowest BCUT2D eigenvalue weighted by atomic mass is 10.3. The van der Waals surface area contributed by atoms with Crippen LogP contribution < -0.4 is 10.6 Å². The van der Waals surface area contributed by atoms with E-state index in [1.165, 1.54) is 22.1 Å². The Morgan fingerprint density at radius 1 is 1.18 bits per heavy atom. The number of aromatic nitrogens is 3. The average molecular weight is 401 g/mol. The minimum absolute atomic E-state index is 0.298. The number of aryl methyl sites for hydroxylation is 1. The molecule has 2 amide bonds. The molecule has 0 fully saturated rings. The minimum atomic E-state index is -0.872. The molecular formula is C18H13F2N5O2S. The second-order valence-corrected chi connectivity index (χ2v) is 6.59. The number of rotatable bonds is 4. The highest BCUT2D eigenvalue weighted by Gasteiger charge is 2.17. The Bertz CT molecular complexity index is 1120. The molecule has 0 saturated carbocycles. The second-order valence-electron chi connectivity index (χ2n) is 5.75. The number of furan rings is 1. The van der Waals surface area contributed by atoms with Crippen molar-refractivity contribution in [2.45, 2.75) is 6.92 Å². The van der Waals surface area contributed by atoms with Crippen LogP contribution in [-0.2, 0) is 0 Å². The molecule has 0 aliphatic heterocycles. The molecule has 10 heteroatoms. The van der Waals surface area contributed by atoms with Crippen LogP contribution in [0.25, 0.3) is 16.6 Å². The summed E-state index contributed by atoms with van der Waals surface area (Å²) in [6, 6.07) is 7.66. The fraction of sp³-hybridized carbons (Fsp3) is 0.0556. The lowest BCUT2D eigenvalue weighted by Gasteiger charge is -2.09. The highest BCUT2D eigenvalue weighted by atomic mass is 32.1. The Balaban J connectivity index is 1.57. The van der Waals surface area contributed by atoms with E-state index >= 15 is 0 Å². The smallest absolute Gasteiger partial charge is 0.325 e. The van der Waals surface area contributed by atoms with Crippen LogP contribution in [0.15, 0.2) is 52.5 Å². The highest BCUT2D eigenvalue weighted by molar-refractivity contribution is 7.12. The molecule has 3 heterocycles. The highest BCUT2D eigenvalue weighted by Crippen LogP contribution is 2.27. The maximum absolute atomic E-state index is 13.7. The number of hydrogen-bond acceptors (Lipinski definition) is 5. The number of benzene rings is 1. The van der Waals surface area contributed by atoms with E-state index in [9.17, 15) is 13.6 Å². The fourth-order valence-electron chi connectivity index (χ4n) is 2.51. The number of halogens is 2. The molecule has 2 N–H and O–H groups in total. The first kappa shape index (κ1) is 17.9. The predicted molar refractivity (Wildman–Crippen MR) is 101 cm³/mol. The van der Waals surface area contributed by atoms with Crippen LogP contribution in [0.1, 0.15) is 5.69 Å². The van der Waals surface area contributed by atoms with E-state index in [2.05, 4.69) is 20.7 Å². The third-order valence-electron chi connectivity index (χ3n) is 3.72. The van der Waals surface area contributed by atoms with Crippen LogP contribution in [0.3, 0.4) is 0 Å². The maximum atomic E-state index is 13.7. The molecule has 28 heavy (non-hydrogen) atoms. The van der Waals surface area contributed by atoms with E-state index in [1.807, 2.05) is 0 Å². The summed E-state index contributed by atoms with van der Waals surface area (Å²) in [5, 5.41) is 11.3. The third-order valence-corrected chi connectivity index (χ3v) is 4.54. The number of anilines is 2. The lowest BCUT2D eigenvalue weighted by Crippen LogP contribution is -2.22. The molecule has 7 nitrogen and oxygen atoms in total. The van der Waals surface area contributed by atoms with Gasteiger partial charge in [-0.2, -0.15) is 9.78 Å². The van der Waals surface area contributed by atoms with Crippen LogP contribution >= 0.6 is 11.3 Å². The van der Waals surface area contributed by atoms with Crippen LogP contribution in [0.4, 0.5) is 25.1 Å². The van der Waals surface area contributed by atoms with Crippen molar-refractivity contribution in [3.63, 3.8) is 0 Å². The molecule has 0 bridgehead atoms. The normalized spacial score (nSPS) is 10.8.